The quantitative estimate of drug-likeness (QED) is 0.701. The largest absolute Gasteiger partial charge is 0.341 e. The van der Waals surface area contributed by atoms with Gasteiger partial charge in [0.15, 0.2) is 0 Å². The van der Waals surface area contributed by atoms with E-state index in [4.69, 9.17) is 0 Å². The van der Waals surface area contributed by atoms with Crippen molar-refractivity contribution in [2.24, 2.45) is 0 Å². The number of thiophene rings is 1. The van der Waals surface area contributed by atoms with Gasteiger partial charge in [0.1, 0.15) is 11.3 Å². The minimum absolute atomic E-state index is 0.932. The fourth-order valence-electron chi connectivity index (χ4n) is 1.59. The van der Waals surface area contributed by atoms with Crippen LogP contribution in [-0.2, 0) is 6.42 Å². The lowest BCUT2D eigenvalue weighted by Crippen LogP contribution is -1.79. The first-order valence-corrected chi connectivity index (χ1v) is 6.88. The lowest BCUT2D eigenvalue weighted by atomic mass is 10.3. The van der Waals surface area contributed by atoms with Crippen LogP contribution >= 0.6 is 11.3 Å². The third-order valence-corrected chi connectivity index (χ3v) is 3.22. The zero-order valence-corrected chi connectivity index (χ0v) is 11.3. The van der Waals surface area contributed by atoms with Gasteiger partial charge in [0.05, 0.1) is 21.9 Å². The first-order chi connectivity index (χ1) is 8.30. The maximum atomic E-state index is 4.55. The van der Waals surface area contributed by atoms with Gasteiger partial charge in [-0.05, 0) is 11.4 Å². The molecular weight excluding hydrogens is 230 g/mol. The molecule has 0 saturated heterocycles. The molecule has 0 unspecified atom stereocenters. The van der Waals surface area contributed by atoms with E-state index in [2.05, 4.69) is 41.1 Å². The Bertz CT molecular complexity index is 609. The zero-order valence-electron chi connectivity index (χ0n) is 10.4. The SMILES string of the molecule is CCC.CCc1nc2c(cnc3ccsc32)[nH]1. The molecular formula is C13H17N3S. The molecule has 3 nitrogen and oxygen atoms in total. The summed E-state index contributed by atoms with van der Waals surface area (Å²) in [5, 5.41) is 2.05. The van der Waals surface area contributed by atoms with E-state index in [1.165, 1.54) is 11.1 Å². The van der Waals surface area contributed by atoms with Crippen LogP contribution in [0.5, 0.6) is 0 Å². The Morgan fingerprint density at radius 2 is 2.06 bits per heavy atom. The number of imidazole rings is 1. The summed E-state index contributed by atoms with van der Waals surface area (Å²) in [5.41, 5.74) is 3.13. The number of aryl methyl sites for hydroxylation is 1. The van der Waals surface area contributed by atoms with Crippen LogP contribution in [0.1, 0.15) is 33.0 Å². The molecule has 4 heteroatoms. The Hall–Kier alpha value is -1.42. The van der Waals surface area contributed by atoms with Crippen LogP contribution in [0.25, 0.3) is 21.3 Å². The number of nitrogens with one attached hydrogen (secondary N) is 1. The summed E-state index contributed by atoms with van der Waals surface area (Å²) in [7, 11) is 0. The monoisotopic (exact) mass is 247 g/mol. The highest BCUT2D eigenvalue weighted by atomic mass is 32.1. The van der Waals surface area contributed by atoms with Crippen molar-refractivity contribution in [3.63, 3.8) is 0 Å². The molecule has 0 aromatic carbocycles. The van der Waals surface area contributed by atoms with E-state index < -0.39 is 0 Å². The highest BCUT2D eigenvalue weighted by Gasteiger charge is 2.07. The third-order valence-electron chi connectivity index (χ3n) is 2.31. The Kier molecular flexibility index (Phi) is 3.74. The molecule has 1 N–H and O–H groups in total. The third kappa shape index (κ3) is 2.31. The molecule has 0 aliphatic carbocycles. The predicted octanol–water partition coefficient (Wildman–Crippen LogP) is 4.15. The second-order valence-corrected chi connectivity index (χ2v) is 4.82. The van der Waals surface area contributed by atoms with Crippen molar-refractivity contribution in [3.8, 4) is 0 Å². The molecule has 0 fully saturated rings. The normalized spacial score (nSPS) is 10.5. The minimum Gasteiger partial charge on any atom is -0.341 e. The molecule has 3 aromatic rings. The topological polar surface area (TPSA) is 41.6 Å². The van der Waals surface area contributed by atoms with E-state index in [0.717, 1.165) is 28.8 Å². The highest BCUT2D eigenvalue weighted by Crippen LogP contribution is 2.26. The van der Waals surface area contributed by atoms with Crippen molar-refractivity contribution in [1.29, 1.82) is 0 Å². The summed E-state index contributed by atoms with van der Waals surface area (Å²) >= 11 is 1.70. The zero-order chi connectivity index (χ0) is 12.3. The van der Waals surface area contributed by atoms with Gasteiger partial charge < -0.3 is 4.98 Å². The highest BCUT2D eigenvalue weighted by molar-refractivity contribution is 7.18. The van der Waals surface area contributed by atoms with Gasteiger partial charge in [-0.25, -0.2) is 4.98 Å². The Morgan fingerprint density at radius 3 is 2.76 bits per heavy atom. The molecule has 0 aliphatic rings. The number of hydrogen-bond acceptors (Lipinski definition) is 3. The number of aromatic amines is 1. The number of fused-ring (bicyclic) bond motifs is 3. The summed E-state index contributed by atoms with van der Waals surface area (Å²) in [4.78, 5) is 12.2. The predicted molar refractivity (Wildman–Crippen MR) is 74.6 cm³/mol. The summed E-state index contributed by atoms with van der Waals surface area (Å²) in [5.74, 6) is 1.03. The van der Waals surface area contributed by atoms with Crippen LogP contribution in [0.3, 0.4) is 0 Å². The van der Waals surface area contributed by atoms with Crippen molar-refractivity contribution in [2.45, 2.75) is 33.6 Å². The lowest BCUT2D eigenvalue weighted by molar-refractivity contribution is 1.00. The van der Waals surface area contributed by atoms with Crippen molar-refractivity contribution >= 4 is 32.6 Å². The molecule has 3 rings (SSSR count). The minimum atomic E-state index is 0.932. The van der Waals surface area contributed by atoms with Crippen LogP contribution < -0.4 is 0 Å². The molecule has 0 spiro atoms. The molecule has 0 amide bonds. The number of pyridine rings is 1. The first kappa shape index (κ1) is 12.0. The van der Waals surface area contributed by atoms with Gasteiger partial charge in [0.25, 0.3) is 0 Å². The number of nitrogens with zero attached hydrogens (tertiary/aromatic N) is 2. The van der Waals surface area contributed by atoms with E-state index in [1.807, 2.05) is 12.3 Å². The number of aromatic nitrogens is 3. The number of H-pyrrole nitrogens is 1. The van der Waals surface area contributed by atoms with Crippen LogP contribution in [0.4, 0.5) is 0 Å². The number of rotatable bonds is 1. The van der Waals surface area contributed by atoms with Gasteiger partial charge in [-0.2, -0.15) is 0 Å². The van der Waals surface area contributed by atoms with E-state index >= 15 is 0 Å². The standard InChI is InChI=1S/C10H9N3S.C3H8/c1-2-8-12-7-5-11-6-3-4-14-10(6)9(7)13-8;1-3-2/h3-5H,2H2,1H3,(H,12,13);3H2,1-2H3. The van der Waals surface area contributed by atoms with Gasteiger partial charge in [0.2, 0.25) is 0 Å². The van der Waals surface area contributed by atoms with Crippen molar-refractivity contribution < 1.29 is 0 Å². The second-order valence-electron chi connectivity index (χ2n) is 3.90. The summed E-state index contributed by atoms with van der Waals surface area (Å²) < 4.78 is 1.18. The average Bonchev–Trinajstić information content (AvgIpc) is 2.95. The van der Waals surface area contributed by atoms with E-state index in [0.29, 0.717) is 0 Å². The van der Waals surface area contributed by atoms with E-state index in [-0.39, 0.29) is 0 Å². The molecule has 0 radical (unpaired) electrons. The lowest BCUT2D eigenvalue weighted by Gasteiger charge is -1.88. The summed E-state index contributed by atoms with van der Waals surface area (Å²) in [6.45, 7) is 6.34. The molecule has 3 aromatic heterocycles. The van der Waals surface area contributed by atoms with Crippen molar-refractivity contribution in [2.75, 3.05) is 0 Å². The van der Waals surface area contributed by atoms with Gasteiger partial charge in [-0.1, -0.05) is 27.2 Å². The van der Waals surface area contributed by atoms with Gasteiger partial charge in [-0.3, -0.25) is 4.98 Å². The smallest absolute Gasteiger partial charge is 0.110 e. The van der Waals surface area contributed by atoms with Crippen LogP contribution in [0, 0.1) is 0 Å². The summed E-state index contributed by atoms with van der Waals surface area (Å²) in [6.07, 6.45) is 4.04. The molecule has 3 heterocycles. The van der Waals surface area contributed by atoms with Gasteiger partial charge >= 0.3 is 0 Å². The molecule has 0 aliphatic heterocycles. The molecule has 90 valence electrons. The van der Waals surface area contributed by atoms with E-state index in [1.54, 1.807) is 11.3 Å². The maximum Gasteiger partial charge on any atom is 0.110 e. The van der Waals surface area contributed by atoms with Gasteiger partial charge in [0, 0.05) is 6.42 Å². The first-order valence-electron chi connectivity index (χ1n) is 6.00. The fourth-order valence-corrected chi connectivity index (χ4v) is 2.43. The molecule has 0 atom stereocenters. The number of hydrogen-bond donors (Lipinski definition) is 1. The van der Waals surface area contributed by atoms with E-state index in [9.17, 15) is 0 Å². The Labute approximate surface area is 105 Å². The van der Waals surface area contributed by atoms with Crippen molar-refractivity contribution in [3.05, 3.63) is 23.5 Å². The van der Waals surface area contributed by atoms with Crippen LogP contribution in [0.15, 0.2) is 17.6 Å². The Morgan fingerprint density at radius 1 is 1.29 bits per heavy atom. The molecule has 17 heavy (non-hydrogen) atoms. The second kappa shape index (κ2) is 5.27. The Balaban J connectivity index is 0.000000329. The molecule has 0 saturated carbocycles. The van der Waals surface area contributed by atoms with Crippen molar-refractivity contribution in [1.82, 2.24) is 15.0 Å². The molecule has 0 bridgehead atoms. The fraction of sp³-hybridized carbons (Fsp3) is 0.385. The van der Waals surface area contributed by atoms with Gasteiger partial charge in [-0.15, -0.1) is 11.3 Å². The van der Waals surface area contributed by atoms with Crippen LogP contribution in [-0.4, -0.2) is 15.0 Å². The average molecular weight is 247 g/mol. The summed E-state index contributed by atoms with van der Waals surface area (Å²) in [6, 6.07) is 2.03. The maximum absolute atomic E-state index is 4.55. The van der Waals surface area contributed by atoms with Crippen LogP contribution in [0.2, 0.25) is 0 Å².